The Hall–Kier alpha value is -2.94. The van der Waals surface area contributed by atoms with Crippen LogP contribution in [0.2, 0.25) is 0 Å². The monoisotopic (exact) mass is 402 g/mol. The summed E-state index contributed by atoms with van der Waals surface area (Å²) in [6.07, 6.45) is 7.43. The maximum absolute atomic E-state index is 12.8. The van der Waals surface area contributed by atoms with Gasteiger partial charge in [-0.2, -0.15) is 0 Å². The van der Waals surface area contributed by atoms with E-state index in [1.54, 1.807) is 14.0 Å². The molecule has 1 aliphatic rings. The summed E-state index contributed by atoms with van der Waals surface area (Å²) in [5.41, 5.74) is 5.72. The molecule has 30 heavy (non-hydrogen) atoms. The van der Waals surface area contributed by atoms with Gasteiger partial charge in [0, 0.05) is 30.7 Å². The highest BCUT2D eigenvalue weighted by molar-refractivity contribution is 5.83. The van der Waals surface area contributed by atoms with Crippen molar-refractivity contribution in [3.05, 3.63) is 82.9 Å². The number of allylic oxidation sites excluding steroid dienone is 4. The van der Waals surface area contributed by atoms with Crippen molar-refractivity contribution >= 4 is 17.1 Å². The molecule has 0 N–H and O–H groups in total. The summed E-state index contributed by atoms with van der Waals surface area (Å²) in [6.45, 7) is 3.78. The molecule has 0 radical (unpaired) electrons. The van der Waals surface area contributed by atoms with Crippen LogP contribution < -0.4 is 4.74 Å². The molecule has 3 heteroatoms. The number of benzene rings is 2. The van der Waals surface area contributed by atoms with Gasteiger partial charge in [0.1, 0.15) is 17.3 Å². The minimum Gasteiger partial charge on any atom is -0.496 e. The zero-order valence-electron chi connectivity index (χ0n) is 18.1. The molecular formula is C27H30O3. The highest BCUT2D eigenvalue weighted by atomic mass is 16.5. The third-order valence-electron chi connectivity index (χ3n) is 5.69. The Bertz CT molecular complexity index is 967. The van der Waals surface area contributed by atoms with Crippen LogP contribution in [0.5, 0.6) is 5.75 Å². The van der Waals surface area contributed by atoms with Gasteiger partial charge in [-0.3, -0.25) is 9.59 Å². The molecule has 2 aromatic rings. The van der Waals surface area contributed by atoms with Gasteiger partial charge < -0.3 is 4.74 Å². The van der Waals surface area contributed by atoms with Crippen molar-refractivity contribution in [2.75, 3.05) is 7.11 Å². The first-order valence-electron chi connectivity index (χ1n) is 10.6. The van der Waals surface area contributed by atoms with Crippen LogP contribution in [0.15, 0.2) is 66.3 Å². The van der Waals surface area contributed by atoms with Gasteiger partial charge in [0.2, 0.25) is 0 Å². The number of carbonyl (C=O) groups is 2. The average Bonchev–Trinajstić information content (AvgIpc) is 3.15. The van der Waals surface area contributed by atoms with Gasteiger partial charge in [0.25, 0.3) is 0 Å². The van der Waals surface area contributed by atoms with E-state index in [4.69, 9.17) is 4.74 Å². The van der Waals surface area contributed by atoms with E-state index in [1.807, 2.05) is 24.3 Å². The lowest BCUT2D eigenvalue weighted by atomic mass is 9.86. The fourth-order valence-electron chi connectivity index (χ4n) is 4.25. The van der Waals surface area contributed by atoms with Crippen molar-refractivity contribution in [3.63, 3.8) is 0 Å². The summed E-state index contributed by atoms with van der Waals surface area (Å²) in [5, 5.41) is 0. The average molecular weight is 403 g/mol. The highest BCUT2D eigenvalue weighted by Crippen LogP contribution is 2.38. The molecule has 1 aliphatic carbocycles. The van der Waals surface area contributed by atoms with Gasteiger partial charge in [-0.15, -0.1) is 0 Å². The second kappa shape index (κ2) is 10.2. The topological polar surface area (TPSA) is 43.4 Å². The lowest BCUT2D eigenvalue weighted by molar-refractivity contribution is -0.118. The normalized spacial score (nSPS) is 15.5. The van der Waals surface area contributed by atoms with Crippen LogP contribution >= 0.6 is 0 Å². The molecule has 0 bridgehead atoms. The number of ether oxygens (including phenoxy) is 1. The first kappa shape index (κ1) is 21.8. The molecule has 156 valence electrons. The summed E-state index contributed by atoms with van der Waals surface area (Å²) in [5.74, 6) is 1.39. The number of hydrogen-bond acceptors (Lipinski definition) is 3. The Kier molecular flexibility index (Phi) is 7.40. The molecule has 2 aromatic carbocycles. The number of carbonyl (C=O) groups excluding carboxylic acids is 2. The first-order valence-corrected chi connectivity index (χ1v) is 10.6. The maximum atomic E-state index is 12.8. The Balaban J connectivity index is 1.62. The lowest BCUT2D eigenvalue weighted by Gasteiger charge is -2.18. The van der Waals surface area contributed by atoms with Crippen LogP contribution in [0.1, 0.15) is 49.8 Å². The van der Waals surface area contributed by atoms with E-state index in [-0.39, 0.29) is 11.6 Å². The third kappa shape index (κ3) is 5.35. The minimum atomic E-state index is 0.109. The Labute approximate surface area is 179 Å². The van der Waals surface area contributed by atoms with Crippen LogP contribution in [0.25, 0.3) is 5.57 Å². The highest BCUT2D eigenvalue weighted by Gasteiger charge is 2.23. The van der Waals surface area contributed by atoms with E-state index < -0.39 is 0 Å². The Morgan fingerprint density at radius 2 is 1.77 bits per heavy atom. The molecule has 3 nitrogen and oxygen atoms in total. The van der Waals surface area contributed by atoms with E-state index in [9.17, 15) is 9.59 Å². The van der Waals surface area contributed by atoms with Crippen LogP contribution in [0.4, 0.5) is 0 Å². The predicted molar refractivity (Wildman–Crippen MR) is 122 cm³/mol. The van der Waals surface area contributed by atoms with E-state index in [2.05, 4.69) is 43.3 Å². The number of Topliss-reactive ketones (excluding diaryl/α,β-unsaturated/α-hetero) is 2. The van der Waals surface area contributed by atoms with E-state index in [1.165, 1.54) is 16.7 Å². The van der Waals surface area contributed by atoms with Gasteiger partial charge in [-0.1, -0.05) is 67.1 Å². The quantitative estimate of drug-likeness (QED) is 0.507. The molecule has 0 saturated carbocycles. The van der Waals surface area contributed by atoms with Crippen LogP contribution in [0, 0.1) is 5.92 Å². The standard InChI is InChI=1S/C27H30O3/c1-4-25-22(12-14-26(25)21-8-6-5-7-9-21)11-13-24(29)18-23-17-20(16-19(2)28)10-15-27(23)30-3/h5-10,12,14-15,17,25H,4,11,13,16,18H2,1-3H3. The van der Waals surface area contributed by atoms with Crippen LogP contribution in [0.3, 0.4) is 0 Å². The predicted octanol–water partition coefficient (Wildman–Crippen LogP) is 5.77. The molecular weight excluding hydrogens is 372 g/mol. The third-order valence-corrected chi connectivity index (χ3v) is 5.69. The minimum absolute atomic E-state index is 0.109. The second-order valence-electron chi connectivity index (χ2n) is 7.93. The molecule has 0 fully saturated rings. The van der Waals surface area contributed by atoms with E-state index >= 15 is 0 Å². The van der Waals surface area contributed by atoms with Crippen molar-refractivity contribution in [2.45, 2.75) is 46.0 Å². The van der Waals surface area contributed by atoms with Crippen molar-refractivity contribution in [2.24, 2.45) is 5.92 Å². The molecule has 0 aliphatic heterocycles. The lowest BCUT2D eigenvalue weighted by Crippen LogP contribution is -2.08. The fraction of sp³-hybridized carbons (Fsp3) is 0.333. The van der Waals surface area contributed by atoms with Crippen LogP contribution in [-0.2, 0) is 22.4 Å². The summed E-state index contributed by atoms with van der Waals surface area (Å²) in [7, 11) is 1.61. The molecule has 0 aromatic heterocycles. The van der Waals surface area contributed by atoms with Crippen molar-refractivity contribution in [3.8, 4) is 5.75 Å². The second-order valence-corrected chi connectivity index (χ2v) is 7.93. The summed E-state index contributed by atoms with van der Waals surface area (Å²) in [6, 6.07) is 16.1. The number of rotatable bonds is 10. The number of methoxy groups -OCH3 is 1. The molecule has 0 amide bonds. The smallest absolute Gasteiger partial charge is 0.137 e. The SMILES string of the molecule is CCC1C(CCC(=O)Cc2cc(CC(C)=O)ccc2OC)=CC=C1c1ccccc1. The molecule has 0 saturated heterocycles. The number of ketones is 2. The molecule has 0 spiro atoms. The zero-order valence-corrected chi connectivity index (χ0v) is 18.1. The van der Waals surface area contributed by atoms with Crippen molar-refractivity contribution in [1.82, 2.24) is 0 Å². The van der Waals surface area contributed by atoms with Gasteiger partial charge in [-0.05, 0) is 42.5 Å². The van der Waals surface area contributed by atoms with Gasteiger partial charge in [-0.25, -0.2) is 0 Å². The molecule has 1 atom stereocenters. The largest absolute Gasteiger partial charge is 0.496 e. The van der Waals surface area contributed by atoms with Gasteiger partial charge in [0.05, 0.1) is 7.11 Å². The number of hydrogen-bond donors (Lipinski definition) is 0. The Morgan fingerprint density at radius 3 is 2.43 bits per heavy atom. The summed E-state index contributed by atoms with van der Waals surface area (Å²) >= 11 is 0. The fourth-order valence-corrected chi connectivity index (χ4v) is 4.25. The zero-order chi connectivity index (χ0) is 21.5. The summed E-state index contributed by atoms with van der Waals surface area (Å²) in [4.78, 5) is 24.2. The maximum Gasteiger partial charge on any atom is 0.137 e. The molecule has 1 unspecified atom stereocenters. The van der Waals surface area contributed by atoms with Crippen LogP contribution in [-0.4, -0.2) is 18.7 Å². The van der Waals surface area contributed by atoms with Crippen molar-refractivity contribution in [1.29, 1.82) is 0 Å². The van der Waals surface area contributed by atoms with Crippen molar-refractivity contribution < 1.29 is 14.3 Å². The van der Waals surface area contributed by atoms with Gasteiger partial charge in [0.15, 0.2) is 0 Å². The first-order chi connectivity index (χ1) is 14.5. The molecule has 3 rings (SSSR count). The Morgan fingerprint density at radius 1 is 1.00 bits per heavy atom. The van der Waals surface area contributed by atoms with E-state index in [0.717, 1.165) is 24.0 Å². The van der Waals surface area contributed by atoms with E-state index in [0.29, 0.717) is 30.9 Å². The van der Waals surface area contributed by atoms with Gasteiger partial charge >= 0.3 is 0 Å². The molecule has 0 heterocycles. The summed E-state index contributed by atoms with van der Waals surface area (Å²) < 4.78 is 5.42.